The molecule has 0 fully saturated rings. The van der Waals surface area contributed by atoms with Crippen molar-refractivity contribution in [3.63, 3.8) is 0 Å². The zero-order valence-corrected chi connectivity index (χ0v) is 19.4. The van der Waals surface area contributed by atoms with Crippen molar-refractivity contribution in [1.82, 2.24) is 15.5 Å². The van der Waals surface area contributed by atoms with Crippen molar-refractivity contribution in [1.29, 1.82) is 0 Å². The number of rotatable bonds is 11. The summed E-state index contributed by atoms with van der Waals surface area (Å²) in [6, 6.07) is 13.8. The highest BCUT2D eigenvalue weighted by Gasteiger charge is 2.15. The van der Waals surface area contributed by atoms with E-state index >= 15 is 0 Å². The molecule has 0 saturated carbocycles. The number of sulfonamides is 1. The molecular weight excluding hydrogens is 464 g/mol. The van der Waals surface area contributed by atoms with E-state index in [-0.39, 0.29) is 4.90 Å². The molecule has 0 spiro atoms. The Kier molecular flexibility index (Phi) is 7.14. The Labute approximate surface area is 195 Å². The number of nitrogens with zero attached hydrogens (tertiary/aromatic N) is 1. The van der Waals surface area contributed by atoms with Crippen molar-refractivity contribution in [3.05, 3.63) is 64.9 Å². The van der Waals surface area contributed by atoms with E-state index in [1.165, 1.54) is 11.3 Å². The van der Waals surface area contributed by atoms with Gasteiger partial charge in [-0.1, -0.05) is 12.1 Å². The van der Waals surface area contributed by atoms with E-state index < -0.39 is 16.1 Å². The Morgan fingerprint density at radius 1 is 1.21 bits per heavy atom. The average Bonchev–Trinajstić information content (AvgIpc) is 3.49. The lowest BCUT2D eigenvalue weighted by atomic mass is 10.1. The third-order valence-corrected chi connectivity index (χ3v) is 7.12. The van der Waals surface area contributed by atoms with Crippen molar-refractivity contribution in [2.75, 3.05) is 31.5 Å². The van der Waals surface area contributed by atoms with Crippen LogP contribution in [0.4, 0.5) is 5.69 Å². The highest BCUT2D eigenvalue weighted by atomic mass is 32.2. The Bertz CT molecular complexity index is 1310. The number of thiophene rings is 1. The molecule has 33 heavy (non-hydrogen) atoms. The zero-order valence-electron chi connectivity index (χ0n) is 17.8. The van der Waals surface area contributed by atoms with Gasteiger partial charge in [-0.25, -0.2) is 8.42 Å². The summed E-state index contributed by atoms with van der Waals surface area (Å²) in [5, 5.41) is 24.7. The fourth-order valence-corrected chi connectivity index (χ4v) is 5.32. The second-order valence-electron chi connectivity index (χ2n) is 7.20. The lowest BCUT2D eigenvalue weighted by molar-refractivity contribution is 0.172. The minimum Gasteiger partial charge on any atom is -0.492 e. The van der Waals surface area contributed by atoms with Gasteiger partial charge in [-0.05, 0) is 41.3 Å². The number of fused-ring (bicyclic) bond motifs is 1. The molecule has 0 amide bonds. The number of nitrogens with one attached hydrogen (secondary N) is 3. The maximum absolute atomic E-state index is 12.4. The molecule has 0 aliphatic carbocycles. The van der Waals surface area contributed by atoms with E-state index in [0.29, 0.717) is 42.6 Å². The topological polar surface area (TPSA) is 126 Å². The smallest absolute Gasteiger partial charge is 0.262 e. The first-order valence-corrected chi connectivity index (χ1v) is 12.6. The van der Waals surface area contributed by atoms with Crippen LogP contribution in [0.5, 0.6) is 11.6 Å². The van der Waals surface area contributed by atoms with Gasteiger partial charge in [-0.3, -0.25) is 9.82 Å². The number of aromatic nitrogens is 2. The maximum atomic E-state index is 12.4. The van der Waals surface area contributed by atoms with Crippen LogP contribution in [0.1, 0.15) is 11.7 Å². The van der Waals surface area contributed by atoms with E-state index in [1.807, 2.05) is 18.2 Å². The summed E-state index contributed by atoms with van der Waals surface area (Å²) in [5.74, 6) is 1.23. The number of ether oxygens (including phenoxy) is 2. The standard InChI is InChI=1S/C22H24N4O5S2/c1-30-22-19-6-5-17(12-20(19)24-25-22)31-9-8-23-13-21(27)15-3-2-4-16(11-15)26-33(28,29)18-7-10-32-14-18/h2-7,10-12,14,21,23,26-27H,8-9,13H2,1H3,(H,24,25). The largest absolute Gasteiger partial charge is 0.492 e. The summed E-state index contributed by atoms with van der Waals surface area (Å²) in [6.07, 6.45) is -0.801. The van der Waals surface area contributed by atoms with Gasteiger partial charge in [0, 0.05) is 30.2 Å². The first kappa shape index (κ1) is 23.1. The van der Waals surface area contributed by atoms with Gasteiger partial charge in [0.2, 0.25) is 5.88 Å². The number of aliphatic hydroxyl groups is 1. The van der Waals surface area contributed by atoms with E-state index in [2.05, 4.69) is 20.2 Å². The van der Waals surface area contributed by atoms with Crippen molar-refractivity contribution in [2.24, 2.45) is 0 Å². The first-order valence-electron chi connectivity index (χ1n) is 10.1. The number of methoxy groups -OCH3 is 1. The number of aliphatic hydroxyl groups excluding tert-OH is 1. The Hall–Kier alpha value is -3.12. The van der Waals surface area contributed by atoms with Crippen LogP contribution in [-0.4, -0.2) is 50.5 Å². The lowest BCUT2D eigenvalue weighted by Gasteiger charge is -2.14. The van der Waals surface area contributed by atoms with Crippen molar-refractivity contribution in [2.45, 2.75) is 11.0 Å². The number of hydrogen-bond donors (Lipinski definition) is 4. The van der Waals surface area contributed by atoms with Crippen LogP contribution in [0.2, 0.25) is 0 Å². The van der Waals surface area contributed by atoms with Crippen molar-refractivity contribution < 1.29 is 23.0 Å². The van der Waals surface area contributed by atoms with Crippen molar-refractivity contribution >= 4 is 38.0 Å². The molecular formula is C22H24N4O5S2. The second kappa shape index (κ2) is 10.2. The van der Waals surface area contributed by atoms with Crippen LogP contribution in [0.25, 0.3) is 10.9 Å². The molecule has 2 aromatic carbocycles. The molecule has 11 heteroatoms. The number of H-pyrrole nitrogens is 1. The third kappa shape index (κ3) is 5.63. The van der Waals surface area contributed by atoms with Crippen LogP contribution in [0.15, 0.2) is 64.2 Å². The predicted octanol–water partition coefficient (Wildman–Crippen LogP) is 3.14. The van der Waals surface area contributed by atoms with E-state index in [9.17, 15) is 13.5 Å². The molecule has 2 aromatic heterocycles. The van der Waals surface area contributed by atoms with Gasteiger partial charge in [0.15, 0.2) is 0 Å². The summed E-state index contributed by atoms with van der Waals surface area (Å²) in [7, 11) is -2.07. The van der Waals surface area contributed by atoms with Gasteiger partial charge >= 0.3 is 0 Å². The molecule has 1 unspecified atom stereocenters. The molecule has 9 nitrogen and oxygen atoms in total. The van der Waals surface area contributed by atoms with Crippen LogP contribution >= 0.6 is 11.3 Å². The fraction of sp³-hybridized carbons (Fsp3) is 0.227. The Balaban J connectivity index is 1.25. The molecule has 0 aliphatic heterocycles. The molecule has 4 aromatic rings. The molecule has 1 atom stereocenters. The monoisotopic (exact) mass is 488 g/mol. The molecule has 4 rings (SSSR count). The van der Waals surface area contributed by atoms with Gasteiger partial charge in [0.1, 0.15) is 12.4 Å². The number of hydrogen-bond acceptors (Lipinski definition) is 8. The molecule has 174 valence electrons. The predicted molar refractivity (Wildman–Crippen MR) is 128 cm³/mol. The summed E-state index contributed by atoms with van der Waals surface area (Å²) < 4.78 is 38.2. The van der Waals surface area contributed by atoms with Crippen LogP contribution < -0.4 is 19.5 Å². The first-order chi connectivity index (χ1) is 16.0. The molecule has 4 N–H and O–H groups in total. The van der Waals surface area contributed by atoms with Gasteiger partial charge in [0.25, 0.3) is 10.0 Å². The average molecular weight is 489 g/mol. The van der Waals surface area contributed by atoms with Gasteiger partial charge in [-0.15, -0.1) is 5.10 Å². The van der Waals surface area contributed by atoms with Gasteiger partial charge in [0.05, 0.1) is 29.0 Å². The maximum Gasteiger partial charge on any atom is 0.262 e. The van der Waals surface area contributed by atoms with Crippen LogP contribution in [-0.2, 0) is 10.0 Å². The quantitative estimate of drug-likeness (QED) is 0.239. The molecule has 0 radical (unpaired) electrons. The van der Waals surface area contributed by atoms with Crippen LogP contribution in [0.3, 0.4) is 0 Å². The lowest BCUT2D eigenvalue weighted by Crippen LogP contribution is -2.26. The normalized spacial score (nSPS) is 12.5. The number of anilines is 1. The van der Waals surface area contributed by atoms with E-state index in [1.54, 1.807) is 48.2 Å². The van der Waals surface area contributed by atoms with Gasteiger partial charge < -0.3 is 19.9 Å². The summed E-state index contributed by atoms with van der Waals surface area (Å²) in [5.41, 5.74) is 1.82. The molecule has 2 heterocycles. The highest BCUT2D eigenvalue weighted by Crippen LogP contribution is 2.26. The SMILES string of the molecule is COc1n[nH]c2cc(OCCNCC(O)c3cccc(NS(=O)(=O)c4ccsc4)c3)ccc12. The van der Waals surface area contributed by atoms with Crippen LogP contribution in [0, 0.1) is 0 Å². The fourth-order valence-electron chi connectivity index (χ4n) is 3.25. The number of aromatic amines is 1. The minimum absolute atomic E-state index is 0.214. The third-order valence-electron chi connectivity index (χ3n) is 4.91. The second-order valence-corrected chi connectivity index (χ2v) is 9.66. The Morgan fingerprint density at radius 2 is 2.09 bits per heavy atom. The Morgan fingerprint density at radius 3 is 2.88 bits per heavy atom. The summed E-state index contributed by atoms with van der Waals surface area (Å²) in [6.45, 7) is 1.22. The number of benzene rings is 2. The molecule has 0 aliphatic rings. The van der Waals surface area contributed by atoms with E-state index in [4.69, 9.17) is 9.47 Å². The minimum atomic E-state index is -3.64. The summed E-state index contributed by atoms with van der Waals surface area (Å²) >= 11 is 1.31. The van der Waals surface area contributed by atoms with Crippen molar-refractivity contribution in [3.8, 4) is 11.6 Å². The summed E-state index contributed by atoms with van der Waals surface area (Å²) in [4.78, 5) is 0.214. The molecule has 0 bridgehead atoms. The zero-order chi connectivity index (χ0) is 23.3. The van der Waals surface area contributed by atoms with E-state index in [0.717, 1.165) is 10.9 Å². The van der Waals surface area contributed by atoms with Gasteiger partial charge in [-0.2, -0.15) is 11.3 Å². The molecule has 0 saturated heterocycles. The highest BCUT2D eigenvalue weighted by molar-refractivity contribution is 7.92.